The van der Waals surface area contributed by atoms with Crippen LogP contribution in [-0.4, -0.2) is 34.4 Å². The maximum Gasteiger partial charge on any atom is 0.266 e. The lowest BCUT2D eigenvalue weighted by Gasteiger charge is -2.37. The molecule has 2 heterocycles. The minimum atomic E-state index is -0.0531. The van der Waals surface area contributed by atoms with Crippen LogP contribution < -0.4 is 5.32 Å². The molecular formula is C30H30Cl3N3OS. The Hall–Kier alpha value is -2.15. The number of hydrogen-bond donors (Lipinski definition) is 1. The number of nitrogens with zero attached hydrogens (tertiary/aromatic N) is 2. The lowest BCUT2D eigenvalue weighted by atomic mass is 9.89. The molecule has 4 nitrogen and oxygen atoms in total. The van der Waals surface area contributed by atoms with Gasteiger partial charge in [-0.1, -0.05) is 66.0 Å². The summed E-state index contributed by atoms with van der Waals surface area (Å²) in [7, 11) is 0. The molecule has 0 aliphatic heterocycles. The summed E-state index contributed by atoms with van der Waals surface area (Å²) in [6.07, 6.45) is 8.71. The number of nitrogens with one attached hydrogen (secondary N) is 1. The molecular weight excluding hydrogens is 557 g/mol. The number of carbonyl (C=O) groups is 1. The molecule has 1 N–H and O–H groups in total. The highest BCUT2D eigenvalue weighted by Crippen LogP contribution is 2.43. The lowest BCUT2D eigenvalue weighted by Crippen LogP contribution is -2.45. The van der Waals surface area contributed by atoms with Gasteiger partial charge < -0.3 is 10.2 Å². The molecule has 198 valence electrons. The third-order valence-electron chi connectivity index (χ3n) is 7.26. The van der Waals surface area contributed by atoms with Gasteiger partial charge in [0, 0.05) is 36.4 Å². The Kier molecular flexibility index (Phi) is 8.91. The average Bonchev–Trinajstić information content (AvgIpc) is 3.30. The minimum absolute atomic E-state index is 0.0531. The molecule has 1 amide bonds. The zero-order valence-corrected chi connectivity index (χ0v) is 24.3. The van der Waals surface area contributed by atoms with E-state index in [4.69, 9.17) is 34.8 Å². The van der Waals surface area contributed by atoms with Crippen LogP contribution in [0, 0.1) is 0 Å². The zero-order valence-electron chi connectivity index (χ0n) is 21.2. The summed E-state index contributed by atoms with van der Waals surface area (Å²) in [5, 5.41) is 5.76. The highest BCUT2D eigenvalue weighted by Gasteiger charge is 2.32. The van der Waals surface area contributed by atoms with Crippen LogP contribution in [0.2, 0.25) is 15.1 Å². The first-order valence-electron chi connectivity index (χ1n) is 13.1. The van der Waals surface area contributed by atoms with Gasteiger partial charge in [-0.25, -0.2) is 0 Å². The highest BCUT2D eigenvalue weighted by atomic mass is 35.5. The number of aromatic nitrogens is 1. The van der Waals surface area contributed by atoms with E-state index in [0.717, 1.165) is 65.4 Å². The summed E-state index contributed by atoms with van der Waals surface area (Å²) in [5.74, 6) is -0.0531. The first-order chi connectivity index (χ1) is 18.5. The third kappa shape index (κ3) is 5.88. The smallest absolute Gasteiger partial charge is 0.266 e. The number of fused-ring (bicyclic) bond motifs is 1. The van der Waals surface area contributed by atoms with Crippen molar-refractivity contribution in [2.24, 2.45) is 0 Å². The molecule has 1 saturated carbocycles. The van der Waals surface area contributed by atoms with Crippen molar-refractivity contribution in [1.29, 1.82) is 0 Å². The number of benzene rings is 2. The zero-order chi connectivity index (χ0) is 26.6. The number of halogens is 3. The molecule has 0 atom stereocenters. The maximum atomic E-state index is 14.2. The third-order valence-corrected chi connectivity index (χ3v) is 9.89. The predicted octanol–water partition coefficient (Wildman–Crippen LogP) is 8.88. The first-order valence-corrected chi connectivity index (χ1v) is 15.0. The van der Waals surface area contributed by atoms with Crippen LogP contribution in [0.15, 0.2) is 60.9 Å². The lowest BCUT2D eigenvalue weighted by molar-refractivity contribution is 0.0605. The van der Waals surface area contributed by atoms with E-state index in [0.29, 0.717) is 32.5 Å². The molecule has 5 rings (SSSR count). The van der Waals surface area contributed by atoms with E-state index in [1.54, 1.807) is 18.5 Å². The van der Waals surface area contributed by atoms with Crippen molar-refractivity contribution in [2.75, 3.05) is 6.54 Å². The van der Waals surface area contributed by atoms with E-state index in [2.05, 4.69) is 35.4 Å². The second kappa shape index (κ2) is 12.4. The Bertz CT molecular complexity index is 1420. The minimum Gasteiger partial charge on any atom is -0.331 e. The van der Waals surface area contributed by atoms with Gasteiger partial charge in [0.2, 0.25) is 0 Å². The molecule has 0 bridgehead atoms. The molecule has 0 radical (unpaired) electrons. The number of hydrogen-bond acceptors (Lipinski definition) is 4. The molecule has 1 aliphatic rings. The second-order valence-electron chi connectivity index (χ2n) is 9.81. The van der Waals surface area contributed by atoms with Gasteiger partial charge in [0.15, 0.2) is 0 Å². The molecule has 2 aromatic carbocycles. The molecule has 1 fully saturated rings. The quantitative estimate of drug-likeness (QED) is 0.224. The van der Waals surface area contributed by atoms with Crippen molar-refractivity contribution < 1.29 is 4.79 Å². The number of pyridine rings is 1. The molecule has 8 heteroatoms. The van der Waals surface area contributed by atoms with Gasteiger partial charge >= 0.3 is 0 Å². The van der Waals surface area contributed by atoms with Crippen molar-refractivity contribution in [1.82, 2.24) is 15.2 Å². The molecule has 0 spiro atoms. The van der Waals surface area contributed by atoms with Gasteiger partial charge in [-0.15, -0.1) is 11.3 Å². The fourth-order valence-electron chi connectivity index (χ4n) is 5.24. The van der Waals surface area contributed by atoms with E-state index < -0.39 is 0 Å². The summed E-state index contributed by atoms with van der Waals surface area (Å²) in [6.45, 7) is 3.72. The SMILES string of the molecule is CCCNC1CCC(N(Cc2cccc(-c3ccncc3)c2)C(=O)c2sc3c(Cl)c(Cl)ccc3c2Cl)CC1. The van der Waals surface area contributed by atoms with Crippen molar-refractivity contribution in [3.63, 3.8) is 0 Å². The van der Waals surface area contributed by atoms with E-state index in [1.165, 1.54) is 11.3 Å². The van der Waals surface area contributed by atoms with E-state index >= 15 is 0 Å². The largest absolute Gasteiger partial charge is 0.331 e. The number of carbonyl (C=O) groups excluding carboxylic acids is 1. The fraction of sp³-hybridized carbons (Fsp3) is 0.333. The van der Waals surface area contributed by atoms with Crippen LogP contribution in [0.3, 0.4) is 0 Å². The molecule has 2 aromatic heterocycles. The van der Waals surface area contributed by atoms with Gasteiger partial charge in [0.05, 0.1) is 19.8 Å². The monoisotopic (exact) mass is 585 g/mol. The van der Waals surface area contributed by atoms with Crippen LogP contribution >= 0.6 is 46.1 Å². The molecule has 1 aliphatic carbocycles. The fourth-order valence-corrected chi connectivity index (χ4v) is 7.23. The Labute approximate surface area is 242 Å². The number of amides is 1. The number of thiophene rings is 1. The van der Waals surface area contributed by atoms with E-state index in [1.807, 2.05) is 29.2 Å². The van der Waals surface area contributed by atoms with Crippen molar-refractivity contribution in [2.45, 2.75) is 57.7 Å². The standard InChI is InChI=1S/C30H30Cl3N3OS/c1-2-14-35-22-6-8-23(9-7-22)36(18-19-4-3-5-21(17-19)20-12-15-34-16-13-20)30(37)29-26(32)24-10-11-25(31)27(33)28(24)38-29/h3-5,10-13,15-17,22-23,35H,2,6-9,14,18H2,1H3. The molecule has 38 heavy (non-hydrogen) atoms. The van der Waals surface area contributed by atoms with Crippen molar-refractivity contribution >= 4 is 62.1 Å². The Balaban J connectivity index is 1.47. The van der Waals surface area contributed by atoms with Crippen molar-refractivity contribution in [3.05, 3.63) is 86.4 Å². The summed E-state index contributed by atoms with van der Waals surface area (Å²) >= 11 is 20.9. The number of rotatable bonds is 8. The van der Waals surface area contributed by atoms with E-state index in [-0.39, 0.29) is 11.9 Å². The summed E-state index contributed by atoms with van der Waals surface area (Å²) in [5.41, 5.74) is 3.28. The van der Waals surface area contributed by atoms with Crippen LogP contribution in [0.5, 0.6) is 0 Å². The van der Waals surface area contributed by atoms with Gasteiger partial charge in [0.1, 0.15) is 4.88 Å². The van der Waals surface area contributed by atoms with Gasteiger partial charge in [-0.3, -0.25) is 9.78 Å². The summed E-state index contributed by atoms with van der Waals surface area (Å²) in [4.78, 5) is 20.9. The van der Waals surface area contributed by atoms with E-state index in [9.17, 15) is 4.79 Å². The Morgan fingerprint density at radius 1 is 1.00 bits per heavy atom. The summed E-state index contributed by atoms with van der Waals surface area (Å²) < 4.78 is 0.750. The maximum absolute atomic E-state index is 14.2. The summed E-state index contributed by atoms with van der Waals surface area (Å²) in [6, 6.07) is 16.6. The first kappa shape index (κ1) is 27.4. The van der Waals surface area contributed by atoms with Crippen LogP contribution in [0.25, 0.3) is 21.2 Å². The molecule has 0 unspecified atom stereocenters. The van der Waals surface area contributed by atoms with Gasteiger partial charge in [-0.05, 0) is 79.6 Å². The highest BCUT2D eigenvalue weighted by molar-refractivity contribution is 7.22. The Morgan fingerprint density at radius 3 is 2.50 bits per heavy atom. The normalized spacial score (nSPS) is 17.6. The van der Waals surface area contributed by atoms with Crippen LogP contribution in [-0.2, 0) is 6.54 Å². The average molecular weight is 587 g/mol. The Morgan fingerprint density at radius 2 is 1.76 bits per heavy atom. The van der Waals surface area contributed by atoms with Gasteiger partial charge in [0.25, 0.3) is 5.91 Å². The van der Waals surface area contributed by atoms with Gasteiger partial charge in [-0.2, -0.15) is 0 Å². The predicted molar refractivity (Wildman–Crippen MR) is 161 cm³/mol. The topological polar surface area (TPSA) is 45.2 Å². The van der Waals surface area contributed by atoms with Crippen LogP contribution in [0.4, 0.5) is 0 Å². The second-order valence-corrected chi connectivity index (χ2v) is 12.0. The van der Waals surface area contributed by atoms with Crippen LogP contribution in [0.1, 0.15) is 54.3 Å². The molecule has 4 aromatic rings. The molecule has 0 saturated heterocycles. The van der Waals surface area contributed by atoms with Crippen molar-refractivity contribution in [3.8, 4) is 11.1 Å².